The number of aryl methyl sites for hydroxylation is 2. The van der Waals surface area contributed by atoms with Crippen LogP contribution in [0.15, 0.2) is 9.52 Å². The van der Waals surface area contributed by atoms with E-state index in [1.165, 1.54) is 37.7 Å². The van der Waals surface area contributed by atoms with Gasteiger partial charge in [0, 0.05) is 25.7 Å². The van der Waals surface area contributed by atoms with E-state index in [1.807, 2.05) is 20.9 Å². The molecule has 0 bridgehead atoms. The molecule has 1 aliphatic carbocycles. The molecule has 0 atom stereocenters. The second-order valence-corrected chi connectivity index (χ2v) is 7.71. The Balaban J connectivity index is 1.81. The van der Waals surface area contributed by atoms with Gasteiger partial charge >= 0.3 is 0 Å². The Morgan fingerprint density at radius 1 is 1.25 bits per heavy atom. The van der Waals surface area contributed by atoms with E-state index in [9.17, 15) is 0 Å². The molecular weight excluding hydrogens is 300 g/mol. The molecule has 1 saturated carbocycles. The first-order chi connectivity index (χ1) is 11.5. The summed E-state index contributed by atoms with van der Waals surface area (Å²) in [5.41, 5.74) is 2.64. The summed E-state index contributed by atoms with van der Waals surface area (Å²) in [6.45, 7) is 10.5. The maximum atomic E-state index is 5.22. The zero-order valence-electron chi connectivity index (χ0n) is 16.0. The molecule has 0 aromatic carbocycles. The van der Waals surface area contributed by atoms with E-state index in [4.69, 9.17) is 4.52 Å². The summed E-state index contributed by atoms with van der Waals surface area (Å²) in [5.74, 6) is 2.57. The molecule has 0 amide bonds. The number of aromatic nitrogens is 1. The summed E-state index contributed by atoms with van der Waals surface area (Å²) in [4.78, 5) is 4.38. The van der Waals surface area contributed by atoms with Crippen molar-refractivity contribution < 1.29 is 4.52 Å². The van der Waals surface area contributed by atoms with E-state index in [-0.39, 0.29) is 0 Å². The molecule has 1 aromatic heterocycles. The van der Waals surface area contributed by atoms with E-state index in [2.05, 4.69) is 34.6 Å². The molecule has 0 aliphatic heterocycles. The van der Waals surface area contributed by atoms with Gasteiger partial charge in [-0.15, -0.1) is 0 Å². The largest absolute Gasteiger partial charge is 0.361 e. The molecule has 24 heavy (non-hydrogen) atoms. The van der Waals surface area contributed by atoms with Gasteiger partial charge in [0.2, 0.25) is 0 Å². The van der Waals surface area contributed by atoms with Crippen molar-refractivity contribution in [3.8, 4) is 0 Å². The lowest BCUT2D eigenvalue weighted by atomic mass is 9.78. The Kier molecular flexibility index (Phi) is 6.69. The van der Waals surface area contributed by atoms with Crippen LogP contribution in [0.5, 0.6) is 0 Å². The van der Waals surface area contributed by atoms with Crippen molar-refractivity contribution in [3.05, 3.63) is 17.0 Å². The van der Waals surface area contributed by atoms with Crippen molar-refractivity contribution in [2.75, 3.05) is 20.1 Å². The minimum atomic E-state index is 0.452. The third kappa shape index (κ3) is 4.99. The van der Waals surface area contributed by atoms with Gasteiger partial charge in [-0.05, 0) is 50.9 Å². The number of aliphatic imine (C=N–C) groups is 1. The molecule has 1 heterocycles. The number of nitrogens with zero attached hydrogens (tertiary/aromatic N) is 2. The van der Waals surface area contributed by atoms with Crippen molar-refractivity contribution in [1.29, 1.82) is 0 Å². The maximum absolute atomic E-state index is 5.22. The topological polar surface area (TPSA) is 62.5 Å². The minimum Gasteiger partial charge on any atom is -0.361 e. The van der Waals surface area contributed by atoms with Crippen LogP contribution in [0.2, 0.25) is 0 Å². The molecule has 2 N–H and O–H groups in total. The highest BCUT2D eigenvalue weighted by atomic mass is 16.5. The summed E-state index contributed by atoms with van der Waals surface area (Å²) in [5, 5.41) is 11.0. The molecule has 136 valence electrons. The Hall–Kier alpha value is -1.52. The molecule has 5 heteroatoms. The summed E-state index contributed by atoms with van der Waals surface area (Å²) < 4.78 is 5.22. The smallest absolute Gasteiger partial charge is 0.191 e. The molecule has 0 radical (unpaired) electrons. The first-order valence-corrected chi connectivity index (χ1v) is 9.32. The first kappa shape index (κ1) is 18.8. The highest BCUT2D eigenvalue weighted by molar-refractivity contribution is 5.79. The van der Waals surface area contributed by atoms with Crippen LogP contribution in [0, 0.1) is 25.2 Å². The number of hydrogen-bond donors (Lipinski definition) is 2. The predicted molar refractivity (Wildman–Crippen MR) is 99.4 cm³/mol. The van der Waals surface area contributed by atoms with Crippen molar-refractivity contribution in [1.82, 2.24) is 15.8 Å². The van der Waals surface area contributed by atoms with Crippen LogP contribution in [-0.2, 0) is 6.42 Å². The van der Waals surface area contributed by atoms with E-state index in [0.29, 0.717) is 5.41 Å². The van der Waals surface area contributed by atoms with Gasteiger partial charge in [-0.25, -0.2) is 0 Å². The Labute approximate surface area is 146 Å². The monoisotopic (exact) mass is 334 g/mol. The Morgan fingerprint density at radius 3 is 2.50 bits per heavy atom. The summed E-state index contributed by atoms with van der Waals surface area (Å²) >= 11 is 0. The van der Waals surface area contributed by atoms with E-state index in [1.54, 1.807) is 0 Å². The van der Waals surface area contributed by atoms with Crippen LogP contribution in [-0.4, -0.2) is 31.3 Å². The Morgan fingerprint density at radius 2 is 1.96 bits per heavy atom. The third-order valence-electron chi connectivity index (χ3n) is 5.21. The van der Waals surface area contributed by atoms with Crippen LogP contribution in [0.1, 0.15) is 63.0 Å². The van der Waals surface area contributed by atoms with Gasteiger partial charge in [0.05, 0.1) is 5.69 Å². The van der Waals surface area contributed by atoms with E-state index < -0.39 is 0 Å². The average molecular weight is 335 g/mol. The van der Waals surface area contributed by atoms with Gasteiger partial charge in [0.1, 0.15) is 5.76 Å². The van der Waals surface area contributed by atoms with Crippen molar-refractivity contribution in [2.24, 2.45) is 16.3 Å². The molecule has 1 fully saturated rings. The lowest BCUT2D eigenvalue weighted by Gasteiger charge is -2.31. The van der Waals surface area contributed by atoms with Gasteiger partial charge < -0.3 is 15.2 Å². The molecule has 1 aromatic rings. The fraction of sp³-hybridized carbons (Fsp3) is 0.789. The normalized spacial score (nSPS) is 17.5. The fourth-order valence-electron chi connectivity index (χ4n) is 4.10. The maximum Gasteiger partial charge on any atom is 0.191 e. The Bertz CT molecular complexity index is 522. The molecule has 0 spiro atoms. The van der Waals surface area contributed by atoms with Crippen LogP contribution in [0.4, 0.5) is 0 Å². The molecule has 0 unspecified atom stereocenters. The number of guanidine groups is 1. The van der Waals surface area contributed by atoms with Crippen molar-refractivity contribution >= 4 is 5.96 Å². The highest BCUT2D eigenvalue weighted by Gasteiger charge is 2.34. The van der Waals surface area contributed by atoms with Gasteiger partial charge in [-0.3, -0.25) is 4.99 Å². The SMILES string of the molecule is CN=C(NCCc1c(C)noc1C)NCC1(CC(C)C)CCCC1. The summed E-state index contributed by atoms with van der Waals surface area (Å²) in [6.07, 6.45) is 7.62. The lowest BCUT2D eigenvalue weighted by molar-refractivity contribution is 0.235. The van der Waals surface area contributed by atoms with Gasteiger partial charge in [0.25, 0.3) is 0 Å². The fourth-order valence-corrected chi connectivity index (χ4v) is 4.10. The molecule has 5 nitrogen and oxygen atoms in total. The summed E-state index contributed by atoms with van der Waals surface area (Å²) in [6, 6.07) is 0. The second-order valence-electron chi connectivity index (χ2n) is 7.71. The molecule has 0 saturated heterocycles. The van der Waals surface area contributed by atoms with Crippen LogP contribution in [0.3, 0.4) is 0 Å². The number of nitrogens with one attached hydrogen (secondary N) is 2. The summed E-state index contributed by atoms with van der Waals surface area (Å²) in [7, 11) is 1.84. The molecule has 1 aliphatic rings. The second kappa shape index (κ2) is 8.54. The van der Waals surface area contributed by atoms with Gasteiger partial charge in [-0.2, -0.15) is 0 Å². The van der Waals surface area contributed by atoms with E-state index in [0.717, 1.165) is 42.8 Å². The lowest BCUT2D eigenvalue weighted by Crippen LogP contribution is -2.44. The molecule has 2 rings (SSSR count). The number of rotatable bonds is 7. The van der Waals surface area contributed by atoms with Gasteiger partial charge in [0.15, 0.2) is 5.96 Å². The quantitative estimate of drug-likeness (QED) is 0.591. The standard InChI is InChI=1S/C19H34N4O/c1-14(2)12-19(9-6-7-10-19)13-22-18(20-5)21-11-8-17-15(3)23-24-16(17)4/h14H,6-13H2,1-5H3,(H2,20,21,22). The van der Waals surface area contributed by atoms with Crippen LogP contribution >= 0.6 is 0 Å². The van der Waals surface area contributed by atoms with Gasteiger partial charge in [-0.1, -0.05) is 31.8 Å². The average Bonchev–Trinajstić information content (AvgIpc) is 3.11. The van der Waals surface area contributed by atoms with Crippen molar-refractivity contribution in [3.63, 3.8) is 0 Å². The van der Waals surface area contributed by atoms with Crippen LogP contribution < -0.4 is 10.6 Å². The molecular formula is C19H34N4O. The van der Waals surface area contributed by atoms with E-state index >= 15 is 0 Å². The zero-order chi connectivity index (χ0) is 17.6. The highest BCUT2D eigenvalue weighted by Crippen LogP contribution is 2.42. The predicted octanol–water partition coefficient (Wildman–Crippen LogP) is 3.61. The van der Waals surface area contributed by atoms with Crippen molar-refractivity contribution in [2.45, 2.75) is 66.2 Å². The minimum absolute atomic E-state index is 0.452. The van der Waals surface area contributed by atoms with Crippen LogP contribution in [0.25, 0.3) is 0 Å². The zero-order valence-corrected chi connectivity index (χ0v) is 16.0. The number of hydrogen-bond acceptors (Lipinski definition) is 3. The first-order valence-electron chi connectivity index (χ1n) is 9.32. The third-order valence-corrected chi connectivity index (χ3v) is 5.21.